The fourth-order valence-electron chi connectivity index (χ4n) is 2.68. The summed E-state index contributed by atoms with van der Waals surface area (Å²) in [6, 6.07) is 1.69. The number of aromatic nitrogens is 3. The zero-order chi connectivity index (χ0) is 17.1. The van der Waals surface area contributed by atoms with Crippen LogP contribution in [0.3, 0.4) is 0 Å². The van der Waals surface area contributed by atoms with Crippen LogP contribution in [0.5, 0.6) is 0 Å². The maximum Gasteiger partial charge on any atom is 0.236 e. The fourth-order valence-corrected chi connectivity index (χ4v) is 3.58. The SMILES string of the molecule is Cc1cc(NC(=O)CSc2nc(C)c(C)n2C[C@@H]2CCCO2)no1. The summed E-state index contributed by atoms with van der Waals surface area (Å²) in [6.07, 6.45) is 2.43. The monoisotopic (exact) mass is 350 g/mol. The van der Waals surface area contributed by atoms with Crippen molar-refractivity contribution < 1.29 is 14.1 Å². The first-order chi connectivity index (χ1) is 11.5. The summed E-state index contributed by atoms with van der Waals surface area (Å²) in [7, 11) is 0. The molecule has 1 aliphatic heterocycles. The highest BCUT2D eigenvalue weighted by Crippen LogP contribution is 2.24. The number of rotatable bonds is 6. The van der Waals surface area contributed by atoms with E-state index < -0.39 is 0 Å². The van der Waals surface area contributed by atoms with E-state index in [0.717, 1.165) is 42.5 Å². The average Bonchev–Trinajstić information content (AvgIpc) is 3.25. The lowest BCUT2D eigenvalue weighted by molar-refractivity contribution is -0.113. The maximum absolute atomic E-state index is 12.1. The quantitative estimate of drug-likeness (QED) is 0.807. The zero-order valence-corrected chi connectivity index (χ0v) is 15.0. The third-order valence-electron chi connectivity index (χ3n) is 4.06. The van der Waals surface area contributed by atoms with Crippen LogP contribution in [0.2, 0.25) is 0 Å². The number of carbonyl (C=O) groups is 1. The van der Waals surface area contributed by atoms with Gasteiger partial charge in [-0.25, -0.2) is 4.98 Å². The second kappa shape index (κ2) is 7.40. The summed E-state index contributed by atoms with van der Waals surface area (Å²) in [5, 5.41) is 7.34. The molecule has 1 atom stereocenters. The molecule has 0 saturated carbocycles. The fraction of sp³-hybridized carbons (Fsp3) is 0.562. The van der Waals surface area contributed by atoms with Crippen LogP contribution >= 0.6 is 11.8 Å². The predicted molar refractivity (Wildman–Crippen MR) is 91.3 cm³/mol. The molecule has 3 rings (SSSR count). The number of hydrogen-bond donors (Lipinski definition) is 1. The summed E-state index contributed by atoms with van der Waals surface area (Å²) in [5.41, 5.74) is 2.11. The molecule has 0 aliphatic carbocycles. The molecule has 0 bridgehead atoms. The number of anilines is 1. The Labute approximate surface area is 145 Å². The van der Waals surface area contributed by atoms with Gasteiger partial charge in [0, 0.05) is 18.4 Å². The molecule has 1 amide bonds. The van der Waals surface area contributed by atoms with Crippen LogP contribution < -0.4 is 5.32 Å². The van der Waals surface area contributed by atoms with E-state index in [1.165, 1.54) is 11.8 Å². The van der Waals surface area contributed by atoms with E-state index >= 15 is 0 Å². The number of aryl methyl sites for hydroxylation is 2. The molecular weight excluding hydrogens is 328 g/mol. The Hall–Kier alpha value is -1.80. The predicted octanol–water partition coefficient (Wildman–Crippen LogP) is 2.71. The molecule has 2 aromatic heterocycles. The van der Waals surface area contributed by atoms with Crippen LogP contribution in [0.25, 0.3) is 0 Å². The van der Waals surface area contributed by atoms with E-state index in [-0.39, 0.29) is 17.8 Å². The lowest BCUT2D eigenvalue weighted by Gasteiger charge is -2.14. The number of ether oxygens (including phenoxy) is 1. The number of hydrogen-bond acceptors (Lipinski definition) is 6. The molecule has 2 aromatic rings. The van der Waals surface area contributed by atoms with Gasteiger partial charge in [-0.1, -0.05) is 16.9 Å². The molecule has 0 radical (unpaired) electrons. The van der Waals surface area contributed by atoms with E-state index in [1.807, 2.05) is 6.92 Å². The highest BCUT2D eigenvalue weighted by atomic mass is 32.2. The second-order valence-electron chi connectivity index (χ2n) is 5.97. The second-order valence-corrected chi connectivity index (χ2v) is 6.91. The van der Waals surface area contributed by atoms with Crippen molar-refractivity contribution in [1.29, 1.82) is 0 Å². The average molecular weight is 350 g/mol. The van der Waals surface area contributed by atoms with Gasteiger partial charge < -0.3 is 19.1 Å². The Morgan fingerprint density at radius 2 is 2.29 bits per heavy atom. The van der Waals surface area contributed by atoms with Crippen molar-refractivity contribution >= 4 is 23.5 Å². The van der Waals surface area contributed by atoms with Crippen LogP contribution in [0, 0.1) is 20.8 Å². The van der Waals surface area contributed by atoms with Crippen LogP contribution in [0.1, 0.15) is 30.0 Å². The molecule has 24 heavy (non-hydrogen) atoms. The van der Waals surface area contributed by atoms with Gasteiger partial charge >= 0.3 is 0 Å². The first-order valence-electron chi connectivity index (χ1n) is 8.04. The summed E-state index contributed by atoms with van der Waals surface area (Å²) >= 11 is 1.43. The zero-order valence-electron chi connectivity index (χ0n) is 14.2. The molecule has 8 heteroatoms. The minimum absolute atomic E-state index is 0.129. The first kappa shape index (κ1) is 17.0. The van der Waals surface area contributed by atoms with Crippen LogP contribution in [0.15, 0.2) is 15.7 Å². The lowest BCUT2D eigenvalue weighted by atomic mass is 10.2. The van der Waals surface area contributed by atoms with Crippen molar-refractivity contribution in [1.82, 2.24) is 14.7 Å². The lowest BCUT2D eigenvalue weighted by Crippen LogP contribution is -2.18. The van der Waals surface area contributed by atoms with Gasteiger partial charge in [0.1, 0.15) is 5.76 Å². The Kier molecular flexibility index (Phi) is 5.25. The first-order valence-corrected chi connectivity index (χ1v) is 9.03. The van der Waals surface area contributed by atoms with E-state index in [4.69, 9.17) is 9.26 Å². The van der Waals surface area contributed by atoms with Gasteiger partial charge in [0.25, 0.3) is 0 Å². The third-order valence-corrected chi connectivity index (χ3v) is 5.04. The topological polar surface area (TPSA) is 82.2 Å². The summed E-state index contributed by atoms with van der Waals surface area (Å²) in [5.74, 6) is 1.24. The van der Waals surface area contributed by atoms with Gasteiger partial charge in [0.05, 0.1) is 24.1 Å². The summed E-state index contributed by atoms with van der Waals surface area (Å²) < 4.78 is 12.8. The van der Waals surface area contributed by atoms with E-state index in [1.54, 1.807) is 13.0 Å². The number of amides is 1. The number of imidazole rings is 1. The molecule has 1 saturated heterocycles. The third kappa shape index (κ3) is 3.99. The van der Waals surface area contributed by atoms with Gasteiger partial charge in [-0.05, 0) is 33.6 Å². The molecule has 7 nitrogen and oxygen atoms in total. The Balaban J connectivity index is 1.61. The molecule has 0 aromatic carbocycles. The molecule has 130 valence electrons. The van der Waals surface area contributed by atoms with Crippen molar-refractivity contribution in [3.05, 3.63) is 23.2 Å². The van der Waals surface area contributed by atoms with E-state index in [2.05, 4.69) is 26.9 Å². The van der Waals surface area contributed by atoms with Crippen molar-refractivity contribution in [2.24, 2.45) is 0 Å². The van der Waals surface area contributed by atoms with Crippen LogP contribution in [-0.4, -0.2) is 39.1 Å². The highest BCUT2D eigenvalue weighted by Gasteiger charge is 2.20. The van der Waals surface area contributed by atoms with Gasteiger partial charge in [-0.2, -0.15) is 0 Å². The molecule has 0 unspecified atom stereocenters. The maximum atomic E-state index is 12.1. The number of carbonyl (C=O) groups excluding carboxylic acids is 1. The molecule has 1 aliphatic rings. The Morgan fingerprint density at radius 1 is 1.46 bits per heavy atom. The molecular formula is C16H22N4O3S. The van der Waals surface area contributed by atoms with Crippen molar-refractivity contribution in [3.63, 3.8) is 0 Å². The summed E-state index contributed by atoms with van der Waals surface area (Å²) in [4.78, 5) is 16.7. The Morgan fingerprint density at radius 3 is 2.96 bits per heavy atom. The van der Waals surface area contributed by atoms with Gasteiger partial charge in [-0.15, -0.1) is 0 Å². The van der Waals surface area contributed by atoms with Crippen molar-refractivity contribution in [2.75, 3.05) is 17.7 Å². The largest absolute Gasteiger partial charge is 0.376 e. The normalized spacial score (nSPS) is 17.4. The highest BCUT2D eigenvalue weighted by molar-refractivity contribution is 7.99. The number of thioether (sulfide) groups is 1. The van der Waals surface area contributed by atoms with E-state index in [9.17, 15) is 4.79 Å². The van der Waals surface area contributed by atoms with E-state index in [0.29, 0.717) is 11.6 Å². The summed E-state index contributed by atoms with van der Waals surface area (Å²) in [6.45, 7) is 7.45. The Bertz CT molecular complexity index is 719. The van der Waals surface area contributed by atoms with Gasteiger partial charge in [0.2, 0.25) is 5.91 Å². The standard InChI is InChI=1S/C16H22N4O3S/c1-10-7-14(19-23-10)18-15(21)9-24-16-17-11(2)12(3)20(16)8-13-5-4-6-22-13/h7,13H,4-6,8-9H2,1-3H3,(H,18,19,21)/t13-/m0/s1. The minimum atomic E-state index is -0.129. The van der Waals surface area contributed by atoms with Crippen LogP contribution in [0.4, 0.5) is 5.82 Å². The van der Waals surface area contributed by atoms with Crippen molar-refractivity contribution in [3.8, 4) is 0 Å². The molecule has 1 N–H and O–H groups in total. The molecule has 3 heterocycles. The molecule has 0 spiro atoms. The van der Waals surface area contributed by atoms with Gasteiger partial charge in [0.15, 0.2) is 11.0 Å². The van der Waals surface area contributed by atoms with Crippen molar-refractivity contribution in [2.45, 2.75) is 51.4 Å². The molecule has 1 fully saturated rings. The number of nitrogens with one attached hydrogen (secondary N) is 1. The smallest absolute Gasteiger partial charge is 0.236 e. The minimum Gasteiger partial charge on any atom is -0.376 e. The number of nitrogens with zero attached hydrogens (tertiary/aromatic N) is 3. The van der Waals surface area contributed by atoms with Gasteiger partial charge in [-0.3, -0.25) is 4.79 Å². The van der Waals surface area contributed by atoms with Crippen LogP contribution in [-0.2, 0) is 16.1 Å².